The highest BCUT2D eigenvalue weighted by molar-refractivity contribution is 9.08. The summed E-state index contributed by atoms with van der Waals surface area (Å²) >= 11 is 2.91. The van der Waals surface area contributed by atoms with Gasteiger partial charge in [-0.2, -0.15) is 0 Å². The van der Waals surface area contributed by atoms with Crippen LogP contribution in [0.4, 0.5) is 0 Å². The summed E-state index contributed by atoms with van der Waals surface area (Å²) in [5, 5.41) is 8.77. The first kappa shape index (κ1) is 10.5. The van der Waals surface area contributed by atoms with Gasteiger partial charge in [-0.25, -0.2) is 9.14 Å². The third-order valence-corrected chi connectivity index (χ3v) is 2.36. The summed E-state index contributed by atoms with van der Waals surface area (Å²) in [6.45, 7) is 0.675. The normalized spacial score (nSPS) is 21.9. The van der Waals surface area contributed by atoms with E-state index in [9.17, 15) is 9.59 Å². The van der Waals surface area contributed by atoms with Crippen LogP contribution in [0.1, 0.15) is 12.8 Å². The van der Waals surface area contributed by atoms with Crippen LogP contribution < -0.4 is 4.34 Å². The molecule has 1 fully saturated rings. The molecule has 2 N–H and O–H groups in total. The zero-order valence-electron chi connectivity index (χ0n) is 6.99. The number of nitrogens with zero attached hydrogens (tertiary/aromatic N) is 1. The van der Waals surface area contributed by atoms with Gasteiger partial charge < -0.3 is 10.0 Å². The lowest BCUT2D eigenvalue weighted by molar-refractivity contribution is -0.147. The number of rotatable bonds is 3. The summed E-state index contributed by atoms with van der Waals surface area (Å²) in [5.41, 5.74) is 0. The Kier molecular flexibility index (Phi) is 3.68. The average Bonchev–Trinajstić information content (AvgIpc) is 2.52. The standard InChI is InChI=1S/C7H11BrN2O3/c8-9-4-6(11)10-3-1-2-5(10)7(12)13/h5,9H,1-4H2,(H,12,13)/t5-/m0/s1. The van der Waals surface area contributed by atoms with Crippen molar-refractivity contribution >= 4 is 28.0 Å². The molecule has 5 nitrogen and oxygen atoms in total. The second kappa shape index (κ2) is 4.57. The Balaban J connectivity index is 2.57. The number of hydrogen-bond donors (Lipinski definition) is 2. The van der Waals surface area contributed by atoms with E-state index < -0.39 is 12.0 Å². The van der Waals surface area contributed by atoms with E-state index >= 15 is 0 Å². The third-order valence-electron chi connectivity index (χ3n) is 2.08. The van der Waals surface area contributed by atoms with Crippen molar-refractivity contribution in [3.05, 3.63) is 0 Å². The molecule has 1 aliphatic rings. The van der Waals surface area contributed by atoms with Crippen LogP contribution in [0.5, 0.6) is 0 Å². The highest BCUT2D eigenvalue weighted by Gasteiger charge is 2.33. The maximum atomic E-state index is 11.3. The van der Waals surface area contributed by atoms with Crippen LogP contribution in [-0.4, -0.2) is 41.0 Å². The van der Waals surface area contributed by atoms with Gasteiger partial charge in [-0.1, -0.05) is 0 Å². The zero-order valence-corrected chi connectivity index (χ0v) is 8.58. The van der Waals surface area contributed by atoms with Crippen molar-refractivity contribution in [1.29, 1.82) is 0 Å². The smallest absolute Gasteiger partial charge is 0.326 e. The average molecular weight is 251 g/mol. The van der Waals surface area contributed by atoms with Gasteiger partial charge in [-0.15, -0.1) is 0 Å². The molecule has 74 valence electrons. The van der Waals surface area contributed by atoms with Crippen LogP contribution in [0.3, 0.4) is 0 Å². The van der Waals surface area contributed by atoms with Gasteiger partial charge in [-0.3, -0.25) is 4.79 Å². The summed E-state index contributed by atoms with van der Waals surface area (Å²) in [6, 6.07) is -0.631. The Bertz CT molecular complexity index is 222. The van der Waals surface area contributed by atoms with Gasteiger partial charge in [0.25, 0.3) is 0 Å². The highest BCUT2D eigenvalue weighted by Crippen LogP contribution is 2.17. The summed E-state index contributed by atoms with van der Waals surface area (Å²) in [6.07, 6.45) is 1.33. The maximum Gasteiger partial charge on any atom is 0.326 e. The van der Waals surface area contributed by atoms with Gasteiger partial charge in [0.05, 0.1) is 6.54 Å². The molecule has 0 spiro atoms. The third kappa shape index (κ3) is 2.41. The number of aliphatic carboxylic acids is 1. The molecule has 1 aliphatic heterocycles. The molecule has 0 aromatic heterocycles. The fraction of sp³-hybridized carbons (Fsp3) is 0.714. The summed E-state index contributed by atoms with van der Waals surface area (Å²) in [7, 11) is 0. The Morgan fingerprint density at radius 2 is 2.31 bits per heavy atom. The van der Waals surface area contributed by atoms with Gasteiger partial charge >= 0.3 is 5.97 Å². The van der Waals surface area contributed by atoms with Gasteiger partial charge in [0.15, 0.2) is 0 Å². The van der Waals surface area contributed by atoms with Crippen molar-refractivity contribution in [2.75, 3.05) is 13.1 Å². The molecule has 0 aliphatic carbocycles. The second-order valence-electron chi connectivity index (χ2n) is 2.89. The van der Waals surface area contributed by atoms with Crippen molar-refractivity contribution in [3.8, 4) is 0 Å². The Morgan fingerprint density at radius 3 is 2.85 bits per heavy atom. The maximum absolute atomic E-state index is 11.3. The number of halogens is 1. The topological polar surface area (TPSA) is 69.6 Å². The van der Waals surface area contributed by atoms with E-state index in [0.717, 1.165) is 6.42 Å². The summed E-state index contributed by atoms with van der Waals surface area (Å²) < 4.78 is 2.53. The van der Waals surface area contributed by atoms with Gasteiger partial charge in [0.2, 0.25) is 5.91 Å². The number of likely N-dealkylation sites (tertiary alicyclic amines) is 1. The molecule has 0 saturated carbocycles. The predicted octanol–water partition coefficient (Wildman–Crippen LogP) is -0.0385. The Morgan fingerprint density at radius 1 is 1.62 bits per heavy atom. The van der Waals surface area contributed by atoms with Crippen LogP contribution in [0.25, 0.3) is 0 Å². The van der Waals surface area contributed by atoms with Crippen molar-refractivity contribution in [2.45, 2.75) is 18.9 Å². The van der Waals surface area contributed by atoms with Gasteiger partial charge in [0.1, 0.15) is 6.04 Å². The van der Waals surface area contributed by atoms with Crippen molar-refractivity contribution in [1.82, 2.24) is 9.24 Å². The largest absolute Gasteiger partial charge is 0.480 e. The molecule has 0 aromatic carbocycles. The SMILES string of the molecule is O=C(O)[C@@H]1CCCN1C(=O)CNBr. The molecule has 0 aromatic rings. The van der Waals surface area contributed by atoms with E-state index in [1.165, 1.54) is 4.90 Å². The molecule has 1 amide bonds. The molecule has 0 radical (unpaired) electrons. The lowest BCUT2D eigenvalue weighted by atomic mass is 10.2. The molecule has 13 heavy (non-hydrogen) atoms. The number of amides is 1. The summed E-state index contributed by atoms with van der Waals surface area (Å²) in [5.74, 6) is -1.10. The number of carbonyl (C=O) groups excluding carboxylic acids is 1. The van der Waals surface area contributed by atoms with Crippen molar-refractivity contribution in [3.63, 3.8) is 0 Å². The summed E-state index contributed by atoms with van der Waals surface area (Å²) in [4.78, 5) is 23.4. The number of hydrogen-bond acceptors (Lipinski definition) is 3. The van der Waals surface area contributed by atoms with E-state index in [1.807, 2.05) is 0 Å². The molecular formula is C7H11BrN2O3. The number of carboxylic acid groups (broad SMARTS) is 1. The zero-order chi connectivity index (χ0) is 9.84. The minimum absolute atomic E-state index is 0.129. The monoisotopic (exact) mass is 250 g/mol. The first-order valence-corrected chi connectivity index (χ1v) is 4.82. The Hall–Kier alpha value is -0.620. The molecular weight excluding hydrogens is 240 g/mol. The van der Waals surface area contributed by atoms with Crippen molar-refractivity contribution < 1.29 is 14.7 Å². The van der Waals surface area contributed by atoms with Crippen LogP contribution in [0, 0.1) is 0 Å². The quantitative estimate of drug-likeness (QED) is 0.690. The minimum atomic E-state index is -0.916. The van der Waals surface area contributed by atoms with E-state index in [1.54, 1.807) is 0 Å². The van der Waals surface area contributed by atoms with Crippen LogP contribution >= 0.6 is 16.1 Å². The minimum Gasteiger partial charge on any atom is -0.480 e. The van der Waals surface area contributed by atoms with Crippen molar-refractivity contribution in [2.24, 2.45) is 0 Å². The first-order valence-electron chi connectivity index (χ1n) is 4.02. The molecule has 1 atom stereocenters. The lowest BCUT2D eigenvalue weighted by Gasteiger charge is -2.20. The molecule has 1 saturated heterocycles. The van der Waals surface area contributed by atoms with Crippen LogP contribution in [-0.2, 0) is 9.59 Å². The fourth-order valence-electron chi connectivity index (χ4n) is 1.48. The predicted molar refractivity (Wildman–Crippen MR) is 49.3 cm³/mol. The molecule has 6 heteroatoms. The Labute approximate surface area is 84.4 Å². The van der Waals surface area contributed by atoms with Gasteiger partial charge in [-0.05, 0) is 12.8 Å². The lowest BCUT2D eigenvalue weighted by Crippen LogP contribution is -2.43. The first-order chi connectivity index (χ1) is 6.16. The van der Waals surface area contributed by atoms with E-state index in [0.29, 0.717) is 13.0 Å². The fourth-order valence-corrected chi connectivity index (χ4v) is 1.72. The van der Waals surface area contributed by atoms with E-state index in [4.69, 9.17) is 5.11 Å². The molecule has 1 rings (SSSR count). The number of carboxylic acids is 1. The second-order valence-corrected chi connectivity index (χ2v) is 3.45. The van der Waals surface area contributed by atoms with Crippen LogP contribution in [0.15, 0.2) is 0 Å². The van der Waals surface area contributed by atoms with Gasteiger partial charge in [0, 0.05) is 22.7 Å². The molecule has 1 heterocycles. The number of nitrogens with one attached hydrogen (secondary N) is 1. The highest BCUT2D eigenvalue weighted by atomic mass is 79.9. The van der Waals surface area contributed by atoms with E-state index in [-0.39, 0.29) is 12.5 Å². The van der Waals surface area contributed by atoms with Crippen LogP contribution in [0.2, 0.25) is 0 Å². The molecule has 0 bridgehead atoms. The molecule has 0 unspecified atom stereocenters. The number of carbonyl (C=O) groups is 2. The van der Waals surface area contributed by atoms with E-state index in [2.05, 4.69) is 20.5 Å².